The lowest BCUT2D eigenvalue weighted by molar-refractivity contribution is -0.136. The second-order valence-corrected chi connectivity index (χ2v) is 4.20. The average molecular weight is 233 g/mol. The molecule has 1 atom stereocenters. The van der Waals surface area contributed by atoms with Crippen LogP contribution in [-0.2, 0) is 11.2 Å². The van der Waals surface area contributed by atoms with Gasteiger partial charge in [-0.15, -0.1) is 0 Å². The summed E-state index contributed by atoms with van der Waals surface area (Å²) in [6.07, 6.45) is 3.86. The Morgan fingerprint density at radius 3 is 2.88 bits per heavy atom. The zero-order chi connectivity index (χ0) is 11.5. The lowest BCUT2D eigenvalue weighted by Crippen LogP contribution is -2.16. The van der Waals surface area contributed by atoms with Crippen LogP contribution in [0.3, 0.4) is 0 Å². The van der Waals surface area contributed by atoms with Crippen LogP contribution < -0.4 is 0 Å². The van der Waals surface area contributed by atoms with E-state index in [1.165, 1.54) is 0 Å². The molecule has 1 aromatic heterocycles. The molecule has 0 aliphatic rings. The van der Waals surface area contributed by atoms with Gasteiger partial charge in [0.2, 0.25) is 0 Å². The number of aromatic nitrogens is 1. The van der Waals surface area contributed by atoms with E-state index in [0.717, 1.165) is 16.3 Å². The molecule has 0 spiro atoms. The van der Waals surface area contributed by atoms with Gasteiger partial charge in [0.05, 0.1) is 0 Å². The summed E-state index contributed by atoms with van der Waals surface area (Å²) in [5.41, 5.74) is 0.917. The molecule has 0 aliphatic carbocycles. The summed E-state index contributed by atoms with van der Waals surface area (Å²) in [6, 6.07) is 7.79. The van der Waals surface area contributed by atoms with Crippen LogP contribution >= 0.6 is 12.6 Å². The minimum absolute atomic E-state index is 0.382. The van der Waals surface area contributed by atoms with Crippen LogP contribution in [0.5, 0.6) is 0 Å². The van der Waals surface area contributed by atoms with Crippen molar-refractivity contribution in [1.82, 2.24) is 4.98 Å². The van der Waals surface area contributed by atoms with Crippen LogP contribution in [0.25, 0.3) is 10.8 Å². The summed E-state index contributed by atoms with van der Waals surface area (Å²) >= 11 is 4.03. The smallest absolute Gasteiger partial charge is 0.316 e. The van der Waals surface area contributed by atoms with Crippen LogP contribution in [-0.4, -0.2) is 21.3 Å². The van der Waals surface area contributed by atoms with Gasteiger partial charge < -0.3 is 5.11 Å². The molecule has 82 valence electrons. The number of carboxylic acids is 1. The van der Waals surface area contributed by atoms with Gasteiger partial charge in [-0.2, -0.15) is 12.6 Å². The van der Waals surface area contributed by atoms with E-state index in [2.05, 4.69) is 17.6 Å². The third-order valence-corrected chi connectivity index (χ3v) is 2.85. The number of nitrogens with zero attached hydrogens (tertiary/aromatic N) is 1. The normalized spacial score (nSPS) is 12.6. The maximum atomic E-state index is 10.7. The zero-order valence-electron chi connectivity index (χ0n) is 8.50. The standard InChI is InChI=1S/C12H11NO2S/c14-12(15)11(16)5-9-7-13-6-8-3-1-2-4-10(8)9/h1-4,6-7,11,16H,5H2,(H,14,15). The zero-order valence-corrected chi connectivity index (χ0v) is 9.39. The van der Waals surface area contributed by atoms with Crippen molar-refractivity contribution < 1.29 is 9.90 Å². The van der Waals surface area contributed by atoms with Gasteiger partial charge in [0, 0.05) is 17.8 Å². The Labute approximate surface area is 98.5 Å². The summed E-state index contributed by atoms with van der Waals surface area (Å²) in [7, 11) is 0. The lowest BCUT2D eigenvalue weighted by atomic mass is 10.0. The van der Waals surface area contributed by atoms with E-state index in [4.69, 9.17) is 5.11 Å². The predicted molar refractivity (Wildman–Crippen MR) is 65.9 cm³/mol. The molecule has 0 aliphatic heterocycles. The van der Waals surface area contributed by atoms with E-state index in [1.54, 1.807) is 12.4 Å². The van der Waals surface area contributed by atoms with Crippen molar-refractivity contribution in [2.24, 2.45) is 0 Å². The number of thiol groups is 1. The summed E-state index contributed by atoms with van der Waals surface area (Å²) < 4.78 is 0. The SMILES string of the molecule is O=C(O)C(S)Cc1cncc2ccccc12. The first-order valence-electron chi connectivity index (χ1n) is 4.91. The Bertz CT molecular complexity index is 522. The van der Waals surface area contributed by atoms with Gasteiger partial charge in [-0.05, 0) is 17.4 Å². The topological polar surface area (TPSA) is 50.2 Å². The predicted octanol–water partition coefficient (Wildman–Crippen LogP) is 2.16. The van der Waals surface area contributed by atoms with Gasteiger partial charge in [-0.3, -0.25) is 9.78 Å². The number of rotatable bonds is 3. The average Bonchev–Trinajstić information content (AvgIpc) is 2.29. The van der Waals surface area contributed by atoms with Crippen LogP contribution in [0, 0.1) is 0 Å². The molecule has 0 amide bonds. The monoisotopic (exact) mass is 233 g/mol. The maximum Gasteiger partial charge on any atom is 0.316 e. The van der Waals surface area contributed by atoms with Crippen molar-refractivity contribution in [3.63, 3.8) is 0 Å². The van der Waals surface area contributed by atoms with Crippen molar-refractivity contribution in [2.75, 3.05) is 0 Å². The number of fused-ring (bicyclic) bond motifs is 1. The Kier molecular flexibility index (Phi) is 3.10. The summed E-state index contributed by atoms with van der Waals surface area (Å²) in [5.74, 6) is -0.906. The molecule has 1 unspecified atom stereocenters. The second kappa shape index (κ2) is 4.53. The largest absolute Gasteiger partial charge is 0.480 e. The number of hydrogen-bond donors (Lipinski definition) is 2. The number of benzene rings is 1. The van der Waals surface area contributed by atoms with Crippen LogP contribution in [0.1, 0.15) is 5.56 Å². The first-order valence-corrected chi connectivity index (χ1v) is 5.42. The van der Waals surface area contributed by atoms with Crippen molar-refractivity contribution in [1.29, 1.82) is 0 Å². The minimum Gasteiger partial charge on any atom is -0.480 e. The van der Waals surface area contributed by atoms with E-state index in [-0.39, 0.29) is 0 Å². The number of carboxylic acid groups (broad SMARTS) is 1. The van der Waals surface area contributed by atoms with E-state index >= 15 is 0 Å². The Morgan fingerprint density at radius 2 is 2.12 bits per heavy atom. The highest BCUT2D eigenvalue weighted by Gasteiger charge is 2.14. The summed E-state index contributed by atoms with van der Waals surface area (Å²) in [4.78, 5) is 14.8. The molecule has 0 saturated heterocycles. The number of pyridine rings is 1. The van der Waals surface area contributed by atoms with Gasteiger partial charge in [-0.1, -0.05) is 24.3 Å². The van der Waals surface area contributed by atoms with Crippen LogP contribution in [0.15, 0.2) is 36.7 Å². The fourth-order valence-electron chi connectivity index (χ4n) is 1.64. The Morgan fingerprint density at radius 1 is 1.38 bits per heavy atom. The molecule has 1 aromatic carbocycles. The molecule has 0 bridgehead atoms. The fraction of sp³-hybridized carbons (Fsp3) is 0.167. The third kappa shape index (κ3) is 2.17. The van der Waals surface area contributed by atoms with Crippen molar-refractivity contribution in [3.8, 4) is 0 Å². The van der Waals surface area contributed by atoms with Gasteiger partial charge in [0.15, 0.2) is 0 Å². The van der Waals surface area contributed by atoms with Gasteiger partial charge in [0.25, 0.3) is 0 Å². The highest BCUT2D eigenvalue weighted by atomic mass is 32.1. The number of aliphatic carboxylic acids is 1. The Balaban J connectivity index is 2.41. The molecule has 4 heteroatoms. The van der Waals surface area contributed by atoms with Gasteiger partial charge in [0.1, 0.15) is 5.25 Å². The molecule has 1 heterocycles. The highest BCUT2D eigenvalue weighted by Crippen LogP contribution is 2.19. The quantitative estimate of drug-likeness (QED) is 0.799. The van der Waals surface area contributed by atoms with E-state index in [9.17, 15) is 4.79 Å². The number of carbonyl (C=O) groups is 1. The Hall–Kier alpha value is -1.55. The van der Waals surface area contributed by atoms with Crippen LogP contribution in [0.2, 0.25) is 0 Å². The first-order chi connectivity index (χ1) is 7.68. The molecule has 2 rings (SSSR count). The molecule has 2 aromatic rings. The second-order valence-electron chi connectivity index (χ2n) is 3.58. The molecule has 0 fully saturated rings. The van der Waals surface area contributed by atoms with E-state index in [0.29, 0.717) is 6.42 Å². The highest BCUT2D eigenvalue weighted by molar-refractivity contribution is 7.81. The number of hydrogen-bond acceptors (Lipinski definition) is 3. The van der Waals surface area contributed by atoms with E-state index in [1.807, 2.05) is 24.3 Å². The van der Waals surface area contributed by atoms with Gasteiger partial charge >= 0.3 is 5.97 Å². The molecule has 0 radical (unpaired) electrons. The molecule has 3 nitrogen and oxygen atoms in total. The molecule has 1 N–H and O–H groups in total. The molecule has 16 heavy (non-hydrogen) atoms. The fourth-order valence-corrected chi connectivity index (χ4v) is 1.83. The first kappa shape index (κ1) is 11.0. The third-order valence-electron chi connectivity index (χ3n) is 2.45. The minimum atomic E-state index is -0.906. The van der Waals surface area contributed by atoms with Crippen LogP contribution in [0.4, 0.5) is 0 Å². The molecule has 0 saturated carbocycles. The van der Waals surface area contributed by atoms with Crippen molar-refractivity contribution in [3.05, 3.63) is 42.2 Å². The molecular weight excluding hydrogens is 222 g/mol. The van der Waals surface area contributed by atoms with Crippen molar-refractivity contribution >= 4 is 29.4 Å². The lowest BCUT2D eigenvalue weighted by Gasteiger charge is -2.08. The summed E-state index contributed by atoms with van der Waals surface area (Å²) in [6.45, 7) is 0. The van der Waals surface area contributed by atoms with E-state index < -0.39 is 11.2 Å². The maximum absolute atomic E-state index is 10.7. The van der Waals surface area contributed by atoms with Crippen molar-refractivity contribution in [2.45, 2.75) is 11.7 Å². The van der Waals surface area contributed by atoms with Gasteiger partial charge in [-0.25, -0.2) is 0 Å². The molecular formula is C12H11NO2S. The summed E-state index contributed by atoms with van der Waals surface area (Å²) in [5, 5.41) is 10.2.